The first-order valence-corrected chi connectivity index (χ1v) is 7.98. The van der Waals surface area contributed by atoms with Gasteiger partial charge >= 0.3 is 0 Å². The second kappa shape index (κ2) is 8.65. The van der Waals surface area contributed by atoms with E-state index in [1.807, 2.05) is 36.4 Å². The molecule has 0 bridgehead atoms. The van der Waals surface area contributed by atoms with Crippen LogP contribution in [0.25, 0.3) is 11.4 Å². The Kier molecular flexibility index (Phi) is 6.56. The van der Waals surface area contributed by atoms with Gasteiger partial charge in [-0.3, -0.25) is 0 Å². The Balaban J connectivity index is 0.00000225. The van der Waals surface area contributed by atoms with Crippen LogP contribution in [0.4, 0.5) is 0 Å². The molecule has 3 aromatic rings. The molecule has 1 heterocycles. The van der Waals surface area contributed by atoms with Gasteiger partial charge in [-0.05, 0) is 42.7 Å². The summed E-state index contributed by atoms with van der Waals surface area (Å²) in [6.45, 7) is 5.17. The highest BCUT2D eigenvalue weighted by atomic mass is 35.5. The number of benzene rings is 2. The lowest BCUT2D eigenvalue weighted by atomic mass is 10.1. The average molecular weight is 360 g/mol. The molecule has 0 aliphatic heterocycles. The number of aryl methyl sites for hydroxylation is 2. The van der Waals surface area contributed by atoms with Gasteiger partial charge in [0, 0.05) is 12.1 Å². The Morgan fingerprint density at radius 2 is 1.80 bits per heavy atom. The second-order valence-electron chi connectivity index (χ2n) is 5.76. The molecule has 0 saturated heterocycles. The molecule has 132 valence electrons. The van der Waals surface area contributed by atoms with Gasteiger partial charge in [-0.2, -0.15) is 4.98 Å². The van der Waals surface area contributed by atoms with Crippen molar-refractivity contribution >= 4 is 12.4 Å². The van der Waals surface area contributed by atoms with Crippen LogP contribution >= 0.6 is 12.4 Å². The van der Waals surface area contributed by atoms with E-state index in [-0.39, 0.29) is 12.4 Å². The minimum Gasteiger partial charge on any atom is -0.493 e. The van der Waals surface area contributed by atoms with Gasteiger partial charge in [-0.25, -0.2) is 0 Å². The Hall–Kier alpha value is -2.37. The van der Waals surface area contributed by atoms with Crippen LogP contribution in [0.1, 0.15) is 22.6 Å². The standard InChI is InChI=1S/C19H21N3O2.ClH/c1-13-3-8-17(11-14(13)2)23-10-9-18-21-19(22-24-18)16-6-4-15(12-20)5-7-16;/h3-8,11H,9-10,12,20H2,1-2H3;1H. The molecule has 0 radical (unpaired) electrons. The van der Waals surface area contributed by atoms with Crippen LogP contribution < -0.4 is 10.5 Å². The molecule has 2 N–H and O–H groups in total. The van der Waals surface area contributed by atoms with Crippen molar-refractivity contribution in [3.63, 3.8) is 0 Å². The third kappa shape index (κ3) is 4.81. The van der Waals surface area contributed by atoms with E-state index >= 15 is 0 Å². The predicted octanol–water partition coefficient (Wildman–Crippen LogP) is 3.86. The number of ether oxygens (including phenoxy) is 1. The van der Waals surface area contributed by atoms with Crippen LogP contribution in [0.5, 0.6) is 5.75 Å². The van der Waals surface area contributed by atoms with Gasteiger partial charge in [0.15, 0.2) is 0 Å². The molecule has 25 heavy (non-hydrogen) atoms. The molecule has 0 atom stereocenters. The van der Waals surface area contributed by atoms with Crippen molar-refractivity contribution in [1.29, 1.82) is 0 Å². The summed E-state index contributed by atoms with van der Waals surface area (Å²) in [5.41, 5.74) is 10.1. The maximum atomic E-state index is 5.75. The summed E-state index contributed by atoms with van der Waals surface area (Å²) in [4.78, 5) is 4.41. The Morgan fingerprint density at radius 1 is 1.04 bits per heavy atom. The summed E-state index contributed by atoms with van der Waals surface area (Å²) in [6.07, 6.45) is 0.570. The summed E-state index contributed by atoms with van der Waals surface area (Å²) in [6, 6.07) is 13.9. The van der Waals surface area contributed by atoms with Crippen LogP contribution in [-0.2, 0) is 13.0 Å². The van der Waals surface area contributed by atoms with Crippen molar-refractivity contribution in [2.75, 3.05) is 6.61 Å². The molecule has 3 rings (SSSR count). The van der Waals surface area contributed by atoms with Gasteiger partial charge in [0.2, 0.25) is 11.7 Å². The van der Waals surface area contributed by atoms with Crippen LogP contribution in [0.15, 0.2) is 47.0 Å². The quantitative estimate of drug-likeness (QED) is 0.723. The fourth-order valence-electron chi connectivity index (χ4n) is 2.32. The number of hydrogen-bond donors (Lipinski definition) is 1. The summed E-state index contributed by atoms with van der Waals surface area (Å²) in [5.74, 6) is 2.01. The SMILES string of the molecule is Cc1ccc(OCCc2nc(-c3ccc(CN)cc3)no2)cc1C.Cl. The van der Waals surface area contributed by atoms with E-state index in [4.69, 9.17) is 15.0 Å². The number of halogens is 1. The van der Waals surface area contributed by atoms with E-state index in [2.05, 4.69) is 30.1 Å². The normalized spacial score (nSPS) is 10.4. The van der Waals surface area contributed by atoms with Crippen molar-refractivity contribution in [3.8, 4) is 17.1 Å². The number of aromatic nitrogens is 2. The fourth-order valence-corrected chi connectivity index (χ4v) is 2.32. The van der Waals surface area contributed by atoms with Crippen LogP contribution in [0.3, 0.4) is 0 Å². The molecule has 6 heteroatoms. The van der Waals surface area contributed by atoms with Gasteiger partial charge in [0.25, 0.3) is 0 Å². The Bertz CT molecular complexity index is 816. The zero-order valence-electron chi connectivity index (χ0n) is 14.4. The maximum Gasteiger partial charge on any atom is 0.230 e. The first kappa shape index (κ1) is 19.0. The smallest absolute Gasteiger partial charge is 0.230 e. The first-order valence-electron chi connectivity index (χ1n) is 7.98. The monoisotopic (exact) mass is 359 g/mol. The first-order chi connectivity index (χ1) is 11.7. The van der Waals surface area contributed by atoms with Crippen molar-refractivity contribution in [3.05, 3.63) is 65.0 Å². The molecule has 5 nitrogen and oxygen atoms in total. The number of rotatable bonds is 6. The van der Waals surface area contributed by atoms with Crippen LogP contribution in [0.2, 0.25) is 0 Å². The van der Waals surface area contributed by atoms with Gasteiger partial charge in [-0.15, -0.1) is 12.4 Å². The van der Waals surface area contributed by atoms with Gasteiger partial charge in [0.05, 0.1) is 13.0 Å². The highest BCUT2D eigenvalue weighted by molar-refractivity contribution is 5.85. The zero-order chi connectivity index (χ0) is 16.9. The van der Waals surface area contributed by atoms with Crippen molar-refractivity contribution in [2.45, 2.75) is 26.8 Å². The summed E-state index contributed by atoms with van der Waals surface area (Å²) >= 11 is 0. The molecule has 0 fully saturated rings. The largest absolute Gasteiger partial charge is 0.493 e. The van der Waals surface area contributed by atoms with E-state index in [9.17, 15) is 0 Å². The third-order valence-electron chi connectivity index (χ3n) is 3.98. The predicted molar refractivity (Wildman–Crippen MR) is 100.0 cm³/mol. The minimum absolute atomic E-state index is 0. The molecule has 0 amide bonds. The number of nitrogens with two attached hydrogens (primary N) is 1. The molecule has 0 spiro atoms. The highest BCUT2D eigenvalue weighted by Gasteiger charge is 2.09. The molecule has 1 aromatic heterocycles. The lowest BCUT2D eigenvalue weighted by Crippen LogP contribution is -2.02. The molecule has 0 aliphatic rings. The minimum atomic E-state index is 0. The highest BCUT2D eigenvalue weighted by Crippen LogP contribution is 2.18. The van der Waals surface area contributed by atoms with Gasteiger partial charge in [-0.1, -0.05) is 35.5 Å². The molecular formula is C19H22ClN3O2. The van der Waals surface area contributed by atoms with E-state index < -0.39 is 0 Å². The number of hydrogen-bond acceptors (Lipinski definition) is 5. The van der Waals surface area contributed by atoms with E-state index in [1.165, 1.54) is 11.1 Å². The lowest BCUT2D eigenvalue weighted by Gasteiger charge is -2.06. The maximum absolute atomic E-state index is 5.75. The average Bonchev–Trinajstić information content (AvgIpc) is 3.07. The van der Waals surface area contributed by atoms with E-state index in [1.54, 1.807) is 0 Å². The Morgan fingerprint density at radius 3 is 2.48 bits per heavy atom. The van der Waals surface area contributed by atoms with Gasteiger partial charge < -0.3 is 15.0 Å². The zero-order valence-corrected chi connectivity index (χ0v) is 15.2. The number of nitrogens with zero attached hydrogens (tertiary/aromatic N) is 2. The van der Waals surface area contributed by atoms with Crippen LogP contribution in [-0.4, -0.2) is 16.7 Å². The summed E-state index contributed by atoms with van der Waals surface area (Å²) < 4.78 is 11.0. The summed E-state index contributed by atoms with van der Waals surface area (Å²) in [5, 5.41) is 4.02. The molecule has 0 saturated carbocycles. The van der Waals surface area contributed by atoms with Crippen LogP contribution in [0, 0.1) is 13.8 Å². The fraction of sp³-hybridized carbons (Fsp3) is 0.263. The molecular weight excluding hydrogens is 338 g/mol. The third-order valence-corrected chi connectivity index (χ3v) is 3.98. The molecule has 0 unspecified atom stereocenters. The molecule has 2 aromatic carbocycles. The summed E-state index contributed by atoms with van der Waals surface area (Å²) in [7, 11) is 0. The van der Waals surface area contributed by atoms with E-state index in [0.29, 0.717) is 31.3 Å². The van der Waals surface area contributed by atoms with Crippen molar-refractivity contribution in [1.82, 2.24) is 10.1 Å². The van der Waals surface area contributed by atoms with Crippen molar-refractivity contribution in [2.24, 2.45) is 5.73 Å². The lowest BCUT2D eigenvalue weighted by molar-refractivity contribution is 0.292. The topological polar surface area (TPSA) is 74.2 Å². The van der Waals surface area contributed by atoms with Crippen molar-refractivity contribution < 1.29 is 9.26 Å². The Labute approximate surface area is 153 Å². The second-order valence-corrected chi connectivity index (χ2v) is 5.76. The molecule has 0 aliphatic carbocycles. The van der Waals surface area contributed by atoms with Gasteiger partial charge in [0.1, 0.15) is 5.75 Å². The van der Waals surface area contributed by atoms with E-state index in [0.717, 1.165) is 16.9 Å².